The number of likely N-dealkylation sites (tertiary alicyclic amines) is 1. The Labute approximate surface area is 136 Å². The second kappa shape index (κ2) is 5.10. The van der Waals surface area contributed by atoms with Gasteiger partial charge in [0, 0.05) is 29.9 Å². The van der Waals surface area contributed by atoms with Gasteiger partial charge in [-0.1, -0.05) is 18.2 Å². The number of phenolic OH excluding ortho intramolecular Hbond substituents is 1. The molecular weight excluding hydrogens is 290 g/mol. The summed E-state index contributed by atoms with van der Waals surface area (Å²) in [5.74, 6) is 0.521. The first-order chi connectivity index (χ1) is 11.0. The maximum absolute atomic E-state index is 11.3. The molecule has 0 amide bonds. The van der Waals surface area contributed by atoms with E-state index in [0.717, 1.165) is 37.8 Å². The molecule has 4 heteroatoms. The zero-order chi connectivity index (χ0) is 16.2. The van der Waals surface area contributed by atoms with E-state index in [1.165, 1.54) is 12.5 Å². The summed E-state index contributed by atoms with van der Waals surface area (Å²) >= 11 is 0. The van der Waals surface area contributed by atoms with E-state index in [2.05, 4.69) is 24.1 Å². The van der Waals surface area contributed by atoms with Gasteiger partial charge in [0.15, 0.2) is 11.5 Å². The van der Waals surface area contributed by atoms with Crippen molar-refractivity contribution in [3.63, 3.8) is 0 Å². The lowest BCUT2D eigenvalue weighted by Gasteiger charge is -2.56. The van der Waals surface area contributed by atoms with Crippen molar-refractivity contribution < 1.29 is 14.6 Å². The average molecular weight is 313 g/mol. The standard InChI is InChI=1S/C19H23NO3/c1-12(21)23-16-7-6-13-11-15-14-5-3-4-8-19(14,9-10-20(15)2)17(13)18(16)22/h3,5-7,14-15,22H,4,8-11H2,1-2H3. The summed E-state index contributed by atoms with van der Waals surface area (Å²) in [7, 11) is 2.20. The van der Waals surface area contributed by atoms with Gasteiger partial charge in [0.2, 0.25) is 0 Å². The molecule has 3 unspecified atom stereocenters. The van der Waals surface area contributed by atoms with Gasteiger partial charge in [0.25, 0.3) is 0 Å². The first-order valence-corrected chi connectivity index (χ1v) is 8.43. The molecule has 3 aliphatic rings. The third-order valence-electron chi connectivity index (χ3n) is 6.04. The molecule has 0 saturated carbocycles. The van der Waals surface area contributed by atoms with E-state index in [9.17, 15) is 9.90 Å². The number of rotatable bonds is 1. The first kappa shape index (κ1) is 14.8. The topological polar surface area (TPSA) is 49.8 Å². The van der Waals surface area contributed by atoms with E-state index in [-0.39, 0.29) is 11.2 Å². The van der Waals surface area contributed by atoms with E-state index >= 15 is 0 Å². The van der Waals surface area contributed by atoms with Crippen LogP contribution in [0.1, 0.15) is 37.3 Å². The van der Waals surface area contributed by atoms with Crippen LogP contribution in [0.25, 0.3) is 0 Å². The molecule has 2 aliphatic carbocycles. The summed E-state index contributed by atoms with van der Waals surface area (Å²) in [6.07, 6.45) is 8.72. The lowest BCUT2D eigenvalue weighted by atomic mass is 9.54. The van der Waals surface area contributed by atoms with E-state index in [4.69, 9.17) is 4.74 Å². The van der Waals surface area contributed by atoms with Crippen LogP contribution in [0.2, 0.25) is 0 Å². The van der Waals surface area contributed by atoms with Gasteiger partial charge in [0.05, 0.1) is 0 Å². The number of ether oxygens (including phenoxy) is 1. The van der Waals surface area contributed by atoms with Gasteiger partial charge in [0.1, 0.15) is 0 Å². The molecular formula is C19H23NO3. The molecule has 1 fully saturated rings. The van der Waals surface area contributed by atoms with E-state index in [0.29, 0.717) is 17.7 Å². The average Bonchev–Trinajstić information content (AvgIpc) is 2.53. The Hall–Kier alpha value is -1.81. The van der Waals surface area contributed by atoms with Crippen molar-refractivity contribution in [2.75, 3.05) is 13.6 Å². The van der Waals surface area contributed by atoms with Crippen LogP contribution in [-0.2, 0) is 16.6 Å². The van der Waals surface area contributed by atoms with Gasteiger partial charge in [-0.2, -0.15) is 0 Å². The van der Waals surface area contributed by atoms with E-state index in [1.807, 2.05) is 6.07 Å². The first-order valence-electron chi connectivity index (χ1n) is 8.43. The number of hydrogen-bond acceptors (Lipinski definition) is 4. The Balaban J connectivity index is 1.91. The molecule has 122 valence electrons. The highest BCUT2D eigenvalue weighted by atomic mass is 16.5. The van der Waals surface area contributed by atoms with Gasteiger partial charge in [-0.05, 0) is 50.9 Å². The predicted molar refractivity (Wildman–Crippen MR) is 87.7 cm³/mol. The number of piperidine rings is 1. The summed E-state index contributed by atoms with van der Waals surface area (Å²) in [5, 5.41) is 10.9. The number of nitrogens with zero attached hydrogens (tertiary/aromatic N) is 1. The van der Waals surface area contributed by atoms with Crippen LogP contribution in [-0.4, -0.2) is 35.6 Å². The molecule has 1 saturated heterocycles. The van der Waals surface area contributed by atoms with Gasteiger partial charge in [-0.3, -0.25) is 4.79 Å². The second-order valence-corrected chi connectivity index (χ2v) is 7.19. The summed E-state index contributed by atoms with van der Waals surface area (Å²) in [5.41, 5.74) is 2.23. The molecule has 23 heavy (non-hydrogen) atoms. The second-order valence-electron chi connectivity index (χ2n) is 7.19. The Morgan fingerprint density at radius 1 is 1.39 bits per heavy atom. The van der Waals surface area contributed by atoms with Crippen LogP contribution >= 0.6 is 0 Å². The predicted octanol–water partition coefficient (Wildman–Crippen LogP) is 2.78. The van der Waals surface area contributed by atoms with Crippen molar-refractivity contribution in [1.29, 1.82) is 0 Å². The van der Waals surface area contributed by atoms with E-state index < -0.39 is 5.97 Å². The number of benzene rings is 1. The highest BCUT2D eigenvalue weighted by molar-refractivity contribution is 5.71. The summed E-state index contributed by atoms with van der Waals surface area (Å²) in [6.45, 7) is 2.42. The monoisotopic (exact) mass is 313 g/mol. The van der Waals surface area contributed by atoms with Crippen LogP contribution in [0.5, 0.6) is 11.5 Å². The number of carbonyl (C=O) groups is 1. The number of phenols is 1. The minimum Gasteiger partial charge on any atom is -0.504 e. The van der Waals surface area contributed by atoms with Gasteiger partial charge in [-0.25, -0.2) is 0 Å². The Kier molecular flexibility index (Phi) is 3.27. The number of allylic oxidation sites excluding steroid dienone is 1. The molecule has 0 spiro atoms. The van der Waals surface area contributed by atoms with Gasteiger partial charge in [-0.15, -0.1) is 0 Å². The molecule has 1 aromatic carbocycles. The Morgan fingerprint density at radius 2 is 2.22 bits per heavy atom. The molecule has 1 aromatic rings. The van der Waals surface area contributed by atoms with E-state index in [1.54, 1.807) is 6.07 Å². The fourth-order valence-electron chi connectivity index (χ4n) is 5.04. The number of aromatic hydroxyl groups is 1. The van der Waals surface area contributed by atoms with Crippen molar-refractivity contribution in [1.82, 2.24) is 4.90 Å². The Morgan fingerprint density at radius 3 is 3.00 bits per heavy atom. The van der Waals surface area contributed by atoms with Gasteiger partial charge < -0.3 is 14.7 Å². The normalized spacial score (nSPS) is 32.1. The fraction of sp³-hybridized carbons (Fsp3) is 0.526. The van der Waals surface area contributed by atoms with Crippen LogP contribution in [0.4, 0.5) is 0 Å². The highest BCUT2D eigenvalue weighted by Crippen LogP contribution is 2.57. The SMILES string of the molecule is CC(=O)Oc1ccc2c(c1O)C13CCC=CC1C(C2)N(C)CC3. The van der Waals surface area contributed by atoms with Crippen LogP contribution in [0, 0.1) is 5.92 Å². The third-order valence-corrected chi connectivity index (χ3v) is 6.04. The number of fused-ring (bicyclic) bond motifs is 1. The number of esters is 1. The zero-order valence-corrected chi connectivity index (χ0v) is 13.7. The number of likely N-dealkylation sites (N-methyl/N-ethyl adjacent to an activating group) is 1. The van der Waals surface area contributed by atoms with Crippen LogP contribution in [0.15, 0.2) is 24.3 Å². The van der Waals surface area contributed by atoms with Gasteiger partial charge >= 0.3 is 5.97 Å². The number of carbonyl (C=O) groups excluding carboxylic acids is 1. The molecule has 1 aliphatic heterocycles. The molecule has 3 atom stereocenters. The molecule has 4 nitrogen and oxygen atoms in total. The highest BCUT2D eigenvalue weighted by Gasteiger charge is 2.53. The molecule has 1 heterocycles. The van der Waals surface area contributed by atoms with Crippen molar-refractivity contribution >= 4 is 5.97 Å². The zero-order valence-electron chi connectivity index (χ0n) is 13.7. The molecule has 2 bridgehead atoms. The van der Waals surface area contributed by atoms with Crippen LogP contribution < -0.4 is 4.74 Å². The smallest absolute Gasteiger partial charge is 0.308 e. The third kappa shape index (κ3) is 2.04. The summed E-state index contributed by atoms with van der Waals surface area (Å²) < 4.78 is 5.23. The van der Waals surface area contributed by atoms with Crippen molar-refractivity contribution in [3.8, 4) is 11.5 Å². The molecule has 0 radical (unpaired) electrons. The molecule has 4 rings (SSSR count). The lowest BCUT2D eigenvalue weighted by molar-refractivity contribution is -0.132. The minimum atomic E-state index is -0.394. The quantitative estimate of drug-likeness (QED) is 0.492. The van der Waals surface area contributed by atoms with Crippen molar-refractivity contribution in [2.24, 2.45) is 5.92 Å². The number of hydrogen-bond donors (Lipinski definition) is 1. The molecule has 0 aromatic heterocycles. The Bertz CT molecular complexity index is 696. The fourth-order valence-corrected chi connectivity index (χ4v) is 5.04. The maximum atomic E-state index is 11.3. The largest absolute Gasteiger partial charge is 0.504 e. The van der Waals surface area contributed by atoms with Crippen LogP contribution in [0.3, 0.4) is 0 Å². The van der Waals surface area contributed by atoms with Crippen molar-refractivity contribution in [2.45, 2.75) is 44.1 Å². The summed E-state index contributed by atoms with van der Waals surface area (Å²) in [6, 6.07) is 4.27. The minimum absolute atomic E-state index is 0.0141. The summed E-state index contributed by atoms with van der Waals surface area (Å²) in [4.78, 5) is 13.8. The van der Waals surface area contributed by atoms with Crippen molar-refractivity contribution in [3.05, 3.63) is 35.4 Å². The lowest BCUT2D eigenvalue weighted by Crippen LogP contribution is -2.58. The molecule has 1 N–H and O–H groups in total. The maximum Gasteiger partial charge on any atom is 0.308 e.